The number of hydrogen-bond acceptors (Lipinski definition) is 5. The first-order valence-corrected chi connectivity index (χ1v) is 9.07. The van der Waals surface area contributed by atoms with Crippen LogP contribution in [0.25, 0.3) is 0 Å². The van der Waals surface area contributed by atoms with Crippen LogP contribution in [0.1, 0.15) is 33.3 Å². The quantitative estimate of drug-likeness (QED) is 0.731. The molecule has 0 saturated carbocycles. The molecule has 0 aromatic heterocycles. The number of methoxy groups -OCH3 is 1. The Kier molecular flexibility index (Phi) is 7.04. The normalized spacial score (nSPS) is 12.0. The van der Waals surface area contributed by atoms with E-state index in [1.165, 1.54) is 19.6 Å². The predicted molar refractivity (Wildman–Crippen MR) is 108 cm³/mol. The largest absolute Gasteiger partial charge is 0.493 e. The summed E-state index contributed by atoms with van der Waals surface area (Å²) in [5.74, 6) is -0.108. The first-order chi connectivity index (χ1) is 13.2. The molecule has 0 aliphatic rings. The number of carbonyl (C=O) groups is 2. The molecule has 1 atom stereocenters. The van der Waals surface area contributed by atoms with Gasteiger partial charge in [-0.1, -0.05) is 45.0 Å². The van der Waals surface area contributed by atoms with Crippen molar-refractivity contribution in [2.24, 2.45) is 0 Å². The van der Waals surface area contributed by atoms with Crippen molar-refractivity contribution in [1.82, 2.24) is 0 Å². The lowest BCUT2D eigenvalue weighted by atomic mass is 9.87. The summed E-state index contributed by atoms with van der Waals surface area (Å²) >= 11 is 0. The van der Waals surface area contributed by atoms with Crippen molar-refractivity contribution in [1.29, 1.82) is 0 Å². The summed E-state index contributed by atoms with van der Waals surface area (Å²) in [5, 5.41) is 2.74. The number of esters is 1. The monoisotopic (exact) mass is 385 g/mol. The first-order valence-electron chi connectivity index (χ1n) is 9.07. The zero-order chi connectivity index (χ0) is 20.7. The van der Waals surface area contributed by atoms with Gasteiger partial charge >= 0.3 is 5.97 Å². The molecule has 6 nitrogen and oxygen atoms in total. The van der Waals surface area contributed by atoms with Crippen LogP contribution in [0.4, 0.5) is 5.69 Å². The van der Waals surface area contributed by atoms with Gasteiger partial charge in [-0.05, 0) is 42.2 Å². The molecular formula is C22H27NO5. The van der Waals surface area contributed by atoms with Crippen LogP contribution in [0.3, 0.4) is 0 Å². The van der Waals surface area contributed by atoms with Gasteiger partial charge in [-0.25, -0.2) is 4.79 Å². The molecule has 0 fully saturated rings. The van der Waals surface area contributed by atoms with Crippen LogP contribution in [0.15, 0.2) is 48.5 Å². The smallest absolute Gasteiger partial charge is 0.344 e. The van der Waals surface area contributed by atoms with Gasteiger partial charge in [0, 0.05) is 5.69 Å². The number of rotatable bonds is 7. The number of anilines is 1. The third-order valence-corrected chi connectivity index (χ3v) is 4.11. The Morgan fingerprint density at radius 2 is 1.61 bits per heavy atom. The summed E-state index contributed by atoms with van der Waals surface area (Å²) in [4.78, 5) is 24.2. The van der Waals surface area contributed by atoms with E-state index in [-0.39, 0.29) is 12.0 Å². The van der Waals surface area contributed by atoms with E-state index < -0.39 is 18.0 Å². The lowest BCUT2D eigenvalue weighted by molar-refractivity contribution is -0.155. The molecule has 0 aliphatic heterocycles. The number of para-hydroxylation sites is 2. The SMILES string of the molecule is COc1ccccc1OCC(=O)OC(C)C(=O)Nc1ccc(C(C)(C)C)cc1. The van der Waals surface area contributed by atoms with Crippen molar-refractivity contribution in [2.45, 2.75) is 39.2 Å². The predicted octanol–water partition coefficient (Wildman–Crippen LogP) is 3.94. The van der Waals surface area contributed by atoms with Gasteiger partial charge in [0.2, 0.25) is 0 Å². The van der Waals surface area contributed by atoms with Crippen molar-refractivity contribution in [3.05, 3.63) is 54.1 Å². The molecule has 150 valence electrons. The summed E-state index contributed by atoms with van der Waals surface area (Å²) in [5.41, 5.74) is 1.84. The number of nitrogens with one attached hydrogen (secondary N) is 1. The molecule has 0 bridgehead atoms. The topological polar surface area (TPSA) is 73.9 Å². The third-order valence-electron chi connectivity index (χ3n) is 4.11. The minimum Gasteiger partial charge on any atom is -0.493 e. The highest BCUT2D eigenvalue weighted by atomic mass is 16.6. The Bertz CT molecular complexity index is 808. The van der Waals surface area contributed by atoms with Crippen LogP contribution in [-0.2, 0) is 19.7 Å². The molecule has 2 aromatic rings. The van der Waals surface area contributed by atoms with Gasteiger partial charge in [0.1, 0.15) is 0 Å². The van der Waals surface area contributed by atoms with Crippen LogP contribution in [0, 0.1) is 0 Å². The second kappa shape index (κ2) is 9.26. The Labute approximate surface area is 165 Å². The molecule has 0 spiro atoms. The van der Waals surface area contributed by atoms with Gasteiger partial charge in [-0.2, -0.15) is 0 Å². The van der Waals surface area contributed by atoms with Gasteiger partial charge in [0.25, 0.3) is 5.91 Å². The third kappa shape index (κ3) is 6.01. The van der Waals surface area contributed by atoms with Crippen LogP contribution in [-0.4, -0.2) is 31.7 Å². The number of carbonyl (C=O) groups excluding carboxylic acids is 2. The minimum absolute atomic E-state index is 0.0345. The van der Waals surface area contributed by atoms with Gasteiger partial charge in [0.05, 0.1) is 7.11 Å². The van der Waals surface area contributed by atoms with E-state index in [0.29, 0.717) is 17.2 Å². The van der Waals surface area contributed by atoms with E-state index in [4.69, 9.17) is 14.2 Å². The van der Waals surface area contributed by atoms with Crippen LogP contribution < -0.4 is 14.8 Å². The molecule has 2 rings (SSSR count). The average Bonchev–Trinajstić information content (AvgIpc) is 2.66. The average molecular weight is 385 g/mol. The molecule has 0 saturated heterocycles. The molecule has 0 aliphatic carbocycles. The fourth-order valence-corrected chi connectivity index (χ4v) is 2.46. The fourth-order valence-electron chi connectivity index (χ4n) is 2.46. The Hall–Kier alpha value is -3.02. The summed E-state index contributed by atoms with van der Waals surface area (Å²) in [6.07, 6.45) is -0.948. The minimum atomic E-state index is -0.948. The zero-order valence-corrected chi connectivity index (χ0v) is 16.9. The Morgan fingerprint density at radius 1 is 1.00 bits per heavy atom. The number of amides is 1. The van der Waals surface area contributed by atoms with Gasteiger partial charge < -0.3 is 19.5 Å². The van der Waals surface area contributed by atoms with E-state index in [2.05, 4.69) is 26.1 Å². The molecule has 1 amide bonds. The maximum atomic E-state index is 12.3. The van der Waals surface area contributed by atoms with E-state index in [9.17, 15) is 9.59 Å². The summed E-state index contributed by atoms with van der Waals surface area (Å²) in [6.45, 7) is 7.55. The molecule has 6 heteroatoms. The maximum Gasteiger partial charge on any atom is 0.344 e. The summed E-state index contributed by atoms with van der Waals surface area (Å²) in [6, 6.07) is 14.6. The Morgan fingerprint density at radius 3 is 2.18 bits per heavy atom. The zero-order valence-electron chi connectivity index (χ0n) is 16.9. The molecule has 0 radical (unpaired) electrons. The lowest BCUT2D eigenvalue weighted by Crippen LogP contribution is -2.31. The lowest BCUT2D eigenvalue weighted by Gasteiger charge is -2.19. The Balaban J connectivity index is 1.85. The van der Waals surface area contributed by atoms with Crippen LogP contribution in [0.5, 0.6) is 11.5 Å². The van der Waals surface area contributed by atoms with E-state index in [1.54, 1.807) is 24.3 Å². The van der Waals surface area contributed by atoms with Gasteiger partial charge in [-0.15, -0.1) is 0 Å². The second-order valence-electron chi connectivity index (χ2n) is 7.39. The number of hydrogen-bond donors (Lipinski definition) is 1. The van der Waals surface area contributed by atoms with Crippen molar-refractivity contribution in [3.63, 3.8) is 0 Å². The summed E-state index contributed by atoms with van der Waals surface area (Å²) < 4.78 is 15.7. The molecule has 0 heterocycles. The number of ether oxygens (including phenoxy) is 3. The standard InChI is InChI=1S/C22H27NO5/c1-15(21(25)23-17-12-10-16(11-13-17)22(2,3)4)28-20(24)14-27-19-9-7-6-8-18(19)26-5/h6-13,15H,14H2,1-5H3,(H,23,25). The highest BCUT2D eigenvalue weighted by molar-refractivity contribution is 5.95. The second-order valence-corrected chi connectivity index (χ2v) is 7.39. The molecule has 2 aromatic carbocycles. The molecule has 28 heavy (non-hydrogen) atoms. The van der Waals surface area contributed by atoms with E-state index in [1.807, 2.05) is 24.3 Å². The molecular weight excluding hydrogens is 358 g/mol. The molecule has 1 N–H and O–H groups in total. The number of benzene rings is 2. The van der Waals surface area contributed by atoms with Gasteiger partial charge in [0.15, 0.2) is 24.2 Å². The van der Waals surface area contributed by atoms with Gasteiger partial charge in [-0.3, -0.25) is 4.79 Å². The van der Waals surface area contributed by atoms with Crippen LogP contribution >= 0.6 is 0 Å². The molecule has 1 unspecified atom stereocenters. The fraction of sp³-hybridized carbons (Fsp3) is 0.364. The maximum absolute atomic E-state index is 12.3. The summed E-state index contributed by atoms with van der Waals surface area (Å²) in [7, 11) is 1.51. The highest BCUT2D eigenvalue weighted by Crippen LogP contribution is 2.26. The van der Waals surface area contributed by atoms with Crippen molar-refractivity contribution in [2.75, 3.05) is 19.0 Å². The van der Waals surface area contributed by atoms with Crippen LogP contribution in [0.2, 0.25) is 0 Å². The highest BCUT2D eigenvalue weighted by Gasteiger charge is 2.19. The van der Waals surface area contributed by atoms with Crippen molar-refractivity contribution in [3.8, 4) is 11.5 Å². The van der Waals surface area contributed by atoms with Crippen molar-refractivity contribution < 1.29 is 23.8 Å². The van der Waals surface area contributed by atoms with E-state index >= 15 is 0 Å². The van der Waals surface area contributed by atoms with E-state index in [0.717, 1.165) is 0 Å². The first kappa shape index (κ1) is 21.3. The van der Waals surface area contributed by atoms with Crippen molar-refractivity contribution >= 4 is 17.6 Å².